The Labute approximate surface area is 231 Å². The van der Waals surface area contributed by atoms with Crippen LogP contribution in [0.25, 0.3) is 11.8 Å². The molecule has 1 saturated carbocycles. The summed E-state index contributed by atoms with van der Waals surface area (Å²) < 4.78 is 5.91. The molecule has 206 valence electrons. The van der Waals surface area contributed by atoms with Gasteiger partial charge in [-0.3, -0.25) is 9.98 Å². The topological polar surface area (TPSA) is 105 Å². The molecule has 9 heteroatoms. The molecule has 3 rings (SSSR count). The molecule has 1 aliphatic rings. The van der Waals surface area contributed by atoms with Crippen LogP contribution in [-0.2, 0) is 4.74 Å². The number of aromatic nitrogens is 3. The molecule has 1 fully saturated rings. The Morgan fingerprint density at radius 1 is 1.24 bits per heavy atom. The summed E-state index contributed by atoms with van der Waals surface area (Å²) in [4.78, 5) is 17.7. The number of rotatable bonds is 12. The number of anilines is 2. The minimum atomic E-state index is 0.182. The molecular weight excluding hydrogens is 496 g/mol. The maximum atomic E-state index is 10.0. The fourth-order valence-corrected chi connectivity index (χ4v) is 5.49. The van der Waals surface area contributed by atoms with Gasteiger partial charge in [-0.2, -0.15) is 4.98 Å². The van der Waals surface area contributed by atoms with E-state index in [4.69, 9.17) is 14.7 Å². The van der Waals surface area contributed by atoms with Gasteiger partial charge in [0, 0.05) is 43.0 Å². The van der Waals surface area contributed by atoms with Crippen LogP contribution in [0.1, 0.15) is 55.6 Å². The van der Waals surface area contributed by atoms with Gasteiger partial charge in [-0.1, -0.05) is 13.8 Å². The van der Waals surface area contributed by atoms with Crippen molar-refractivity contribution in [3.63, 3.8) is 0 Å². The third-order valence-corrected chi connectivity index (χ3v) is 7.84. The van der Waals surface area contributed by atoms with Crippen LogP contribution in [0.5, 0.6) is 0 Å². The van der Waals surface area contributed by atoms with E-state index in [2.05, 4.69) is 41.2 Å². The first kappa shape index (κ1) is 29.6. The van der Waals surface area contributed by atoms with E-state index in [9.17, 15) is 5.11 Å². The third kappa shape index (κ3) is 8.56. The minimum Gasteiger partial charge on any atom is -0.496 e. The lowest BCUT2D eigenvalue weighted by Gasteiger charge is -2.25. The zero-order valence-corrected chi connectivity index (χ0v) is 24.1. The Morgan fingerprint density at radius 2 is 2.03 bits per heavy atom. The van der Waals surface area contributed by atoms with Crippen LogP contribution in [0.4, 0.5) is 11.8 Å². The van der Waals surface area contributed by atoms with E-state index in [1.54, 1.807) is 31.3 Å². The summed E-state index contributed by atoms with van der Waals surface area (Å²) in [5, 5.41) is 19.0. The number of thioether (sulfide) groups is 1. The van der Waals surface area contributed by atoms with Gasteiger partial charge in [0.05, 0.1) is 18.4 Å². The first-order valence-electron chi connectivity index (χ1n) is 13.3. The summed E-state index contributed by atoms with van der Waals surface area (Å²) in [6.07, 6.45) is 8.43. The number of pyridine rings is 1. The molecule has 4 atom stereocenters. The van der Waals surface area contributed by atoms with Crippen molar-refractivity contribution in [1.82, 2.24) is 15.0 Å². The lowest BCUT2D eigenvalue weighted by molar-refractivity contribution is 0.195. The Kier molecular flexibility index (Phi) is 11.6. The second kappa shape index (κ2) is 14.9. The quantitative estimate of drug-likeness (QED) is 0.135. The van der Waals surface area contributed by atoms with Crippen LogP contribution in [0.15, 0.2) is 34.9 Å². The SMILES string of the molecule is C=N/C=C\SCCNc1nc(C)c(/C(=C/c2ccnc(C)c2)OC)c(N[C@@H]2CC(CO)C[C@@H](C)[C@@H](C)C2)n1. The Hall–Kier alpha value is -2.91. The normalized spacial score (nSPS) is 22.2. The van der Waals surface area contributed by atoms with E-state index in [-0.39, 0.29) is 18.6 Å². The monoisotopic (exact) mass is 538 g/mol. The molecule has 1 unspecified atom stereocenters. The molecule has 8 nitrogen and oxygen atoms in total. The highest BCUT2D eigenvalue weighted by Crippen LogP contribution is 2.35. The Morgan fingerprint density at radius 3 is 2.74 bits per heavy atom. The fraction of sp³-hybridized carbons (Fsp3) is 0.517. The highest BCUT2D eigenvalue weighted by atomic mass is 32.2. The van der Waals surface area contributed by atoms with Gasteiger partial charge in [0.25, 0.3) is 0 Å². The number of aryl methyl sites for hydroxylation is 2. The summed E-state index contributed by atoms with van der Waals surface area (Å²) in [5.74, 6) is 4.22. The summed E-state index contributed by atoms with van der Waals surface area (Å²) in [6, 6.07) is 4.16. The van der Waals surface area contributed by atoms with Gasteiger partial charge in [0.15, 0.2) is 0 Å². The van der Waals surface area contributed by atoms with Crippen molar-refractivity contribution in [3.05, 3.63) is 52.5 Å². The van der Waals surface area contributed by atoms with Crippen molar-refractivity contribution >= 4 is 42.1 Å². The molecule has 0 aromatic carbocycles. The first-order chi connectivity index (χ1) is 18.3. The van der Waals surface area contributed by atoms with Crippen molar-refractivity contribution in [3.8, 4) is 0 Å². The maximum absolute atomic E-state index is 10.0. The standard InChI is InChI=1S/C29H42N6O2S/c1-19-13-24(18-36)16-25(14-20(19)2)34-28-27(26(37-6)17-23-7-8-31-21(3)15-23)22(4)33-29(35-28)32-10-12-38-11-9-30-5/h7-9,11,15,17,19-20,24-25,36H,5,10,12-14,16,18H2,1-4,6H3,(H2,32,33,34,35)/b11-9-,26-17-/t19-,20+,24?,25+/m1/s1. The zero-order valence-electron chi connectivity index (χ0n) is 23.3. The number of methoxy groups -OCH3 is 1. The van der Waals surface area contributed by atoms with Crippen LogP contribution in [0, 0.1) is 31.6 Å². The predicted molar refractivity (Wildman–Crippen MR) is 160 cm³/mol. The fourth-order valence-electron chi connectivity index (χ4n) is 4.96. The summed E-state index contributed by atoms with van der Waals surface area (Å²) >= 11 is 1.65. The molecule has 1 aliphatic carbocycles. The van der Waals surface area contributed by atoms with Gasteiger partial charge in [0.2, 0.25) is 5.95 Å². The van der Waals surface area contributed by atoms with E-state index >= 15 is 0 Å². The molecule has 3 N–H and O–H groups in total. The second-order valence-electron chi connectivity index (χ2n) is 10.1. The van der Waals surface area contributed by atoms with E-state index in [1.165, 1.54) is 0 Å². The number of hydrogen-bond donors (Lipinski definition) is 3. The number of nitrogens with one attached hydrogen (secondary N) is 2. The van der Waals surface area contributed by atoms with Gasteiger partial charge < -0.3 is 20.5 Å². The number of ether oxygens (including phenoxy) is 1. The van der Waals surface area contributed by atoms with Gasteiger partial charge in [0.1, 0.15) is 11.6 Å². The molecule has 2 heterocycles. The Bertz CT molecular complexity index is 1120. The van der Waals surface area contributed by atoms with E-state index in [0.29, 0.717) is 30.1 Å². The lowest BCUT2D eigenvalue weighted by Crippen LogP contribution is -2.26. The Balaban J connectivity index is 1.96. The molecule has 0 bridgehead atoms. The molecule has 2 aromatic heterocycles. The molecule has 0 aliphatic heterocycles. The van der Waals surface area contributed by atoms with Gasteiger partial charge in [-0.15, -0.1) is 11.8 Å². The van der Waals surface area contributed by atoms with Crippen molar-refractivity contribution in [2.24, 2.45) is 22.7 Å². The predicted octanol–water partition coefficient (Wildman–Crippen LogP) is 5.79. The average molecular weight is 539 g/mol. The second-order valence-corrected chi connectivity index (χ2v) is 11.1. The molecular formula is C29H42N6O2S. The van der Waals surface area contributed by atoms with E-state index < -0.39 is 0 Å². The molecule has 0 radical (unpaired) electrons. The van der Waals surface area contributed by atoms with Gasteiger partial charge in [-0.25, -0.2) is 4.98 Å². The summed E-state index contributed by atoms with van der Waals surface area (Å²) in [6.45, 7) is 12.9. The first-order valence-corrected chi connectivity index (χ1v) is 14.3. The minimum absolute atomic E-state index is 0.182. The van der Waals surface area contributed by atoms with Crippen molar-refractivity contribution in [1.29, 1.82) is 0 Å². The van der Waals surface area contributed by atoms with Crippen molar-refractivity contribution < 1.29 is 9.84 Å². The lowest BCUT2D eigenvalue weighted by atomic mass is 9.89. The van der Waals surface area contributed by atoms with Crippen molar-refractivity contribution in [2.75, 3.05) is 36.6 Å². The number of aliphatic hydroxyl groups excluding tert-OH is 1. The largest absolute Gasteiger partial charge is 0.496 e. The average Bonchev–Trinajstić information content (AvgIpc) is 3.02. The summed E-state index contributed by atoms with van der Waals surface area (Å²) in [5.41, 5.74) is 3.60. The number of hydrogen-bond acceptors (Lipinski definition) is 9. The summed E-state index contributed by atoms with van der Waals surface area (Å²) in [7, 11) is 1.68. The van der Waals surface area contributed by atoms with Crippen molar-refractivity contribution in [2.45, 2.75) is 53.0 Å². The van der Waals surface area contributed by atoms with Crippen LogP contribution in [0.2, 0.25) is 0 Å². The van der Waals surface area contributed by atoms with E-state index in [0.717, 1.165) is 53.3 Å². The van der Waals surface area contributed by atoms with Gasteiger partial charge in [-0.05, 0) is 86.8 Å². The highest BCUT2D eigenvalue weighted by Gasteiger charge is 2.29. The molecule has 2 aromatic rings. The van der Waals surface area contributed by atoms with Crippen LogP contribution in [0.3, 0.4) is 0 Å². The smallest absolute Gasteiger partial charge is 0.224 e. The molecule has 0 saturated heterocycles. The van der Waals surface area contributed by atoms with Crippen LogP contribution in [-0.4, -0.2) is 58.8 Å². The number of nitrogens with zero attached hydrogens (tertiary/aromatic N) is 4. The molecule has 38 heavy (non-hydrogen) atoms. The zero-order chi connectivity index (χ0) is 27.5. The maximum Gasteiger partial charge on any atom is 0.224 e. The molecule has 0 amide bonds. The van der Waals surface area contributed by atoms with Gasteiger partial charge >= 0.3 is 0 Å². The van der Waals surface area contributed by atoms with Crippen LogP contribution >= 0.6 is 11.8 Å². The molecule has 0 spiro atoms. The number of aliphatic imine (C=N–C) groups is 1. The van der Waals surface area contributed by atoms with E-state index in [1.807, 2.05) is 37.5 Å². The van der Waals surface area contributed by atoms with Crippen LogP contribution < -0.4 is 10.6 Å². The number of aliphatic hydroxyl groups is 1. The third-order valence-electron chi connectivity index (χ3n) is 7.09. The highest BCUT2D eigenvalue weighted by molar-refractivity contribution is 8.02.